The summed E-state index contributed by atoms with van der Waals surface area (Å²) in [4.78, 5) is 11.0. The van der Waals surface area contributed by atoms with Crippen LogP contribution in [0.4, 0.5) is 0 Å². The number of carboxylic acid groups (broad SMARTS) is 1. The SMILES string of the molecule is COCc1cccc(CNC2CC(C)(C(=O)O)C2)c1. The van der Waals surface area contributed by atoms with Crippen molar-refractivity contribution >= 4 is 5.97 Å². The fraction of sp³-hybridized carbons (Fsp3) is 0.533. The Bertz CT molecular complexity index is 452. The molecule has 1 aromatic rings. The predicted molar refractivity (Wildman–Crippen MR) is 72.8 cm³/mol. The van der Waals surface area contributed by atoms with Crippen molar-refractivity contribution in [3.05, 3.63) is 35.4 Å². The van der Waals surface area contributed by atoms with Crippen LogP contribution in [0.25, 0.3) is 0 Å². The van der Waals surface area contributed by atoms with Gasteiger partial charge in [0, 0.05) is 19.7 Å². The Hall–Kier alpha value is -1.39. The number of rotatable bonds is 6. The van der Waals surface area contributed by atoms with Gasteiger partial charge in [0.2, 0.25) is 0 Å². The second-order valence-corrected chi connectivity index (χ2v) is 5.60. The fourth-order valence-corrected chi connectivity index (χ4v) is 2.61. The molecule has 4 heteroatoms. The minimum atomic E-state index is -0.687. The molecule has 0 aromatic heterocycles. The van der Waals surface area contributed by atoms with Crippen LogP contribution in [0.1, 0.15) is 30.9 Å². The first-order chi connectivity index (χ1) is 9.03. The highest BCUT2D eigenvalue weighted by atomic mass is 16.5. The van der Waals surface area contributed by atoms with E-state index < -0.39 is 11.4 Å². The monoisotopic (exact) mass is 263 g/mol. The van der Waals surface area contributed by atoms with Gasteiger partial charge in [0.25, 0.3) is 0 Å². The number of hydrogen-bond acceptors (Lipinski definition) is 3. The van der Waals surface area contributed by atoms with Gasteiger partial charge in [-0.05, 0) is 30.9 Å². The highest BCUT2D eigenvalue weighted by Crippen LogP contribution is 2.40. The van der Waals surface area contributed by atoms with E-state index in [1.54, 1.807) is 7.11 Å². The number of carbonyl (C=O) groups is 1. The van der Waals surface area contributed by atoms with Crippen molar-refractivity contribution in [2.24, 2.45) is 5.41 Å². The van der Waals surface area contributed by atoms with Gasteiger partial charge in [0.1, 0.15) is 0 Å². The van der Waals surface area contributed by atoms with Crippen LogP contribution in [-0.4, -0.2) is 24.2 Å². The number of methoxy groups -OCH3 is 1. The van der Waals surface area contributed by atoms with E-state index in [4.69, 9.17) is 9.84 Å². The van der Waals surface area contributed by atoms with E-state index in [0.717, 1.165) is 12.1 Å². The molecule has 19 heavy (non-hydrogen) atoms. The first-order valence-corrected chi connectivity index (χ1v) is 6.57. The van der Waals surface area contributed by atoms with Crippen molar-refractivity contribution in [3.63, 3.8) is 0 Å². The van der Waals surface area contributed by atoms with Crippen LogP contribution in [0.2, 0.25) is 0 Å². The lowest BCUT2D eigenvalue weighted by Crippen LogP contribution is -2.51. The van der Waals surface area contributed by atoms with Gasteiger partial charge < -0.3 is 15.2 Å². The van der Waals surface area contributed by atoms with Crippen LogP contribution in [0.15, 0.2) is 24.3 Å². The van der Waals surface area contributed by atoms with Crippen LogP contribution >= 0.6 is 0 Å². The third-order valence-corrected chi connectivity index (χ3v) is 3.81. The van der Waals surface area contributed by atoms with Crippen LogP contribution in [-0.2, 0) is 22.7 Å². The topological polar surface area (TPSA) is 58.6 Å². The molecule has 0 saturated heterocycles. The summed E-state index contributed by atoms with van der Waals surface area (Å²) in [5.74, 6) is -0.687. The molecule has 2 N–H and O–H groups in total. The van der Waals surface area contributed by atoms with Crippen molar-refractivity contribution in [2.75, 3.05) is 7.11 Å². The first-order valence-electron chi connectivity index (χ1n) is 6.57. The number of ether oxygens (including phenoxy) is 1. The Labute approximate surface area is 113 Å². The van der Waals surface area contributed by atoms with Gasteiger partial charge in [-0.1, -0.05) is 24.3 Å². The van der Waals surface area contributed by atoms with E-state index >= 15 is 0 Å². The van der Waals surface area contributed by atoms with Gasteiger partial charge >= 0.3 is 5.97 Å². The van der Waals surface area contributed by atoms with Crippen molar-refractivity contribution in [1.82, 2.24) is 5.32 Å². The molecule has 2 rings (SSSR count). The predicted octanol–water partition coefficient (Wildman–Crippen LogP) is 2.18. The molecule has 0 amide bonds. The Morgan fingerprint density at radius 1 is 1.47 bits per heavy atom. The maximum atomic E-state index is 11.0. The van der Waals surface area contributed by atoms with Gasteiger partial charge in [0.05, 0.1) is 12.0 Å². The quantitative estimate of drug-likeness (QED) is 0.826. The summed E-state index contributed by atoms with van der Waals surface area (Å²) < 4.78 is 5.11. The second kappa shape index (κ2) is 5.72. The van der Waals surface area contributed by atoms with E-state index in [1.807, 2.05) is 19.1 Å². The van der Waals surface area contributed by atoms with Gasteiger partial charge in [-0.2, -0.15) is 0 Å². The van der Waals surface area contributed by atoms with Crippen molar-refractivity contribution < 1.29 is 14.6 Å². The van der Waals surface area contributed by atoms with Crippen LogP contribution in [0.5, 0.6) is 0 Å². The lowest BCUT2D eigenvalue weighted by molar-refractivity contribution is -0.154. The molecule has 4 nitrogen and oxygen atoms in total. The summed E-state index contributed by atoms with van der Waals surface area (Å²) in [6.07, 6.45) is 1.42. The highest BCUT2D eigenvalue weighted by molar-refractivity contribution is 5.75. The molecular weight excluding hydrogens is 242 g/mol. The van der Waals surface area contributed by atoms with Crippen molar-refractivity contribution in [3.8, 4) is 0 Å². The first kappa shape index (κ1) is 14.0. The maximum Gasteiger partial charge on any atom is 0.309 e. The standard InChI is InChI=1S/C15H21NO3/c1-15(14(17)18)7-13(8-15)16-9-11-4-3-5-12(6-11)10-19-2/h3-6,13,16H,7-10H2,1-2H3,(H,17,18). The Morgan fingerprint density at radius 3 is 2.79 bits per heavy atom. The van der Waals surface area contributed by atoms with E-state index in [-0.39, 0.29) is 0 Å². The Kier molecular flexibility index (Phi) is 4.22. The average Bonchev–Trinajstić information content (AvgIpc) is 2.34. The summed E-state index contributed by atoms with van der Waals surface area (Å²) in [7, 11) is 1.69. The number of benzene rings is 1. The molecule has 0 aliphatic heterocycles. The zero-order valence-corrected chi connectivity index (χ0v) is 11.5. The van der Waals surface area contributed by atoms with Gasteiger partial charge in [-0.3, -0.25) is 4.79 Å². The third-order valence-electron chi connectivity index (χ3n) is 3.81. The van der Waals surface area contributed by atoms with Gasteiger partial charge in [0.15, 0.2) is 0 Å². The molecule has 0 heterocycles. The molecular formula is C15H21NO3. The van der Waals surface area contributed by atoms with Crippen molar-refractivity contribution in [1.29, 1.82) is 0 Å². The summed E-state index contributed by atoms with van der Waals surface area (Å²) in [6, 6.07) is 8.56. The fourth-order valence-electron chi connectivity index (χ4n) is 2.61. The minimum Gasteiger partial charge on any atom is -0.481 e. The maximum absolute atomic E-state index is 11.0. The molecule has 0 spiro atoms. The third kappa shape index (κ3) is 3.33. The molecule has 0 unspecified atom stereocenters. The number of nitrogens with one attached hydrogen (secondary N) is 1. The van der Waals surface area contributed by atoms with Crippen molar-refractivity contribution in [2.45, 2.75) is 39.0 Å². The molecule has 1 aliphatic rings. The molecule has 1 aromatic carbocycles. The smallest absolute Gasteiger partial charge is 0.309 e. The van der Waals surface area contributed by atoms with E-state index in [1.165, 1.54) is 5.56 Å². The van der Waals surface area contributed by atoms with Gasteiger partial charge in [-0.15, -0.1) is 0 Å². The zero-order valence-electron chi connectivity index (χ0n) is 11.5. The van der Waals surface area contributed by atoms with Crippen LogP contribution in [0, 0.1) is 5.41 Å². The number of aliphatic carboxylic acids is 1. The zero-order chi connectivity index (χ0) is 13.9. The van der Waals surface area contributed by atoms with Crippen LogP contribution < -0.4 is 5.32 Å². The molecule has 0 atom stereocenters. The normalized spacial score (nSPS) is 25.9. The molecule has 1 saturated carbocycles. The van der Waals surface area contributed by atoms with Gasteiger partial charge in [-0.25, -0.2) is 0 Å². The van der Waals surface area contributed by atoms with E-state index in [0.29, 0.717) is 25.5 Å². The lowest BCUT2D eigenvalue weighted by Gasteiger charge is -2.42. The highest BCUT2D eigenvalue weighted by Gasteiger charge is 2.46. The molecule has 1 fully saturated rings. The number of carboxylic acids is 1. The minimum absolute atomic E-state index is 0.312. The number of hydrogen-bond donors (Lipinski definition) is 2. The Morgan fingerprint density at radius 2 is 2.16 bits per heavy atom. The molecule has 104 valence electrons. The summed E-state index contributed by atoms with van der Waals surface area (Å²) in [6.45, 7) is 3.21. The van der Waals surface area contributed by atoms with E-state index in [2.05, 4.69) is 17.4 Å². The summed E-state index contributed by atoms with van der Waals surface area (Å²) in [5.41, 5.74) is 1.83. The second-order valence-electron chi connectivity index (χ2n) is 5.60. The van der Waals surface area contributed by atoms with Crippen LogP contribution in [0.3, 0.4) is 0 Å². The summed E-state index contributed by atoms with van der Waals surface area (Å²) in [5, 5.41) is 12.5. The molecule has 0 bridgehead atoms. The molecule has 0 radical (unpaired) electrons. The van der Waals surface area contributed by atoms with E-state index in [9.17, 15) is 4.79 Å². The lowest BCUT2D eigenvalue weighted by atomic mass is 9.67. The summed E-state index contributed by atoms with van der Waals surface area (Å²) >= 11 is 0. The largest absolute Gasteiger partial charge is 0.481 e. The molecule has 1 aliphatic carbocycles. The average molecular weight is 263 g/mol. The Balaban J connectivity index is 1.81.